The van der Waals surface area contributed by atoms with Gasteiger partial charge in [-0.05, 0) is 37.1 Å². The molecule has 0 saturated carbocycles. The summed E-state index contributed by atoms with van der Waals surface area (Å²) >= 11 is 1.77. The number of non-ortho nitro benzene ring substituents is 1. The maximum atomic E-state index is 13.1. The number of rotatable bonds is 3. The maximum absolute atomic E-state index is 13.1. The van der Waals surface area contributed by atoms with E-state index in [0.29, 0.717) is 30.8 Å². The summed E-state index contributed by atoms with van der Waals surface area (Å²) in [7, 11) is 0. The Bertz CT molecular complexity index is 925. The van der Waals surface area contributed by atoms with E-state index in [1.807, 2.05) is 40.1 Å². The summed E-state index contributed by atoms with van der Waals surface area (Å²) in [4.78, 5) is 39.6. The lowest BCUT2D eigenvalue weighted by Gasteiger charge is -2.44. The molecule has 29 heavy (non-hydrogen) atoms. The van der Waals surface area contributed by atoms with E-state index in [1.165, 1.54) is 24.3 Å². The largest absolute Gasteiger partial charge is 0.338 e. The van der Waals surface area contributed by atoms with Crippen molar-refractivity contribution >= 4 is 29.3 Å². The number of amides is 2. The molecule has 7 nitrogen and oxygen atoms in total. The number of thioether (sulfide) groups is 1. The van der Waals surface area contributed by atoms with Crippen LogP contribution >= 0.6 is 11.8 Å². The Kier molecular flexibility index (Phi) is 5.27. The van der Waals surface area contributed by atoms with Gasteiger partial charge in [0.05, 0.1) is 9.79 Å². The number of nitrogens with zero attached hydrogens (tertiary/aromatic N) is 3. The monoisotopic (exact) mass is 411 g/mol. The zero-order valence-electron chi connectivity index (χ0n) is 15.8. The summed E-state index contributed by atoms with van der Waals surface area (Å²) in [5.41, 5.74) is 1.11. The van der Waals surface area contributed by atoms with Crippen LogP contribution in [0.2, 0.25) is 0 Å². The SMILES string of the molecule is O=C(c1ccccc1)N1CCC2(CC1)SCCN2C(=O)c1ccc([N+](=O)[O-])cc1. The van der Waals surface area contributed by atoms with E-state index in [1.54, 1.807) is 11.8 Å². The van der Waals surface area contributed by atoms with Crippen molar-refractivity contribution < 1.29 is 14.5 Å². The van der Waals surface area contributed by atoms with E-state index in [0.717, 1.165) is 18.6 Å². The number of hydrogen-bond acceptors (Lipinski definition) is 5. The number of likely N-dealkylation sites (tertiary alicyclic amines) is 1. The number of carbonyl (C=O) groups excluding carboxylic acids is 2. The highest BCUT2D eigenvalue weighted by molar-refractivity contribution is 8.00. The number of hydrogen-bond donors (Lipinski definition) is 0. The molecule has 0 atom stereocenters. The van der Waals surface area contributed by atoms with Crippen molar-refractivity contribution in [1.29, 1.82) is 0 Å². The first-order chi connectivity index (χ1) is 14.0. The molecule has 2 saturated heterocycles. The smallest absolute Gasteiger partial charge is 0.269 e. The highest BCUT2D eigenvalue weighted by atomic mass is 32.2. The zero-order chi connectivity index (χ0) is 20.4. The molecule has 0 N–H and O–H groups in total. The van der Waals surface area contributed by atoms with Crippen molar-refractivity contribution in [2.45, 2.75) is 17.7 Å². The van der Waals surface area contributed by atoms with Gasteiger partial charge in [-0.2, -0.15) is 0 Å². The fourth-order valence-corrected chi connectivity index (χ4v) is 5.47. The molecular formula is C21H21N3O4S. The Morgan fingerprint density at radius 2 is 1.52 bits per heavy atom. The lowest BCUT2D eigenvalue weighted by Crippen LogP contribution is -2.53. The summed E-state index contributed by atoms with van der Waals surface area (Å²) in [5.74, 6) is 0.773. The summed E-state index contributed by atoms with van der Waals surface area (Å²) in [6.07, 6.45) is 1.43. The highest BCUT2D eigenvalue weighted by Crippen LogP contribution is 2.44. The van der Waals surface area contributed by atoms with Crippen LogP contribution in [-0.2, 0) is 0 Å². The fraction of sp³-hybridized carbons (Fsp3) is 0.333. The molecule has 0 unspecified atom stereocenters. The molecule has 0 radical (unpaired) electrons. The molecule has 8 heteroatoms. The Balaban J connectivity index is 1.46. The van der Waals surface area contributed by atoms with Gasteiger partial charge in [-0.3, -0.25) is 19.7 Å². The highest BCUT2D eigenvalue weighted by Gasteiger charge is 2.47. The molecule has 0 aliphatic carbocycles. The van der Waals surface area contributed by atoms with Crippen LogP contribution in [0.4, 0.5) is 5.69 Å². The van der Waals surface area contributed by atoms with Crippen molar-refractivity contribution in [2.75, 3.05) is 25.4 Å². The molecule has 1 spiro atoms. The molecule has 2 fully saturated rings. The van der Waals surface area contributed by atoms with E-state index in [9.17, 15) is 19.7 Å². The third-order valence-electron chi connectivity index (χ3n) is 5.60. The van der Waals surface area contributed by atoms with Crippen LogP contribution < -0.4 is 0 Å². The minimum atomic E-state index is -0.471. The second kappa shape index (κ2) is 7.87. The van der Waals surface area contributed by atoms with E-state index in [-0.39, 0.29) is 22.4 Å². The minimum absolute atomic E-state index is 0.0247. The number of carbonyl (C=O) groups is 2. The van der Waals surface area contributed by atoms with Gasteiger partial charge in [-0.1, -0.05) is 18.2 Å². The molecule has 4 rings (SSSR count). The first-order valence-electron chi connectivity index (χ1n) is 9.55. The topological polar surface area (TPSA) is 83.8 Å². The fourth-order valence-electron chi connectivity index (χ4n) is 4.01. The molecule has 0 bridgehead atoms. The van der Waals surface area contributed by atoms with E-state index < -0.39 is 4.92 Å². The normalized spacial score (nSPS) is 18.1. The van der Waals surface area contributed by atoms with Gasteiger partial charge < -0.3 is 9.80 Å². The Morgan fingerprint density at radius 1 is 0.897 bits per heavy atom. The first-order valence-corrected chi connectivity index (χ1v) is 10.5. The van der Waals surface area contributed by atoms with Crippen molar-refractivity contribution in [2.24, 2.45) is 0 Å². The molecule has 0 aromatic heterocycles. The lowest BCUT2D eigenvalue weighted by molar-refractivity contribution is -0.384. The van der Waals surface area contributed by atoms with Crippen LogP contribution in [0.1, 0.15) is 33.6 Å². The Labute approximate surface area is 172 Å². The van der Waals surface area contributed by atoms with Gasteiger partial charge >= 0.3 is 0 Å². The summed E-state index contributed by atoms with van der Waals surface area (Å²) in [6, 6.07) is 15.0. The lowest BCUT2D eigenvalue weighted by atomic mass is 10.00. The molecule has 150 valence electrons. The molecule has 2 aliphatic heterocycles. The summed E-state index contributed by atoms with van der Waals surface area (Å²) in [6.45, 7) is 1.85. The van der Waals surface area contributed by atoms with Gasteiger partial charge in [0.15, 0.2) is 0 Å². The predicted octanol–water partition coefficient (Wildman–Crippen LogP) is 3.42. The van der Waals surface area contributed by atoms with E-state index in [4.69, 9.17) is 0 Å². The average Bonchev–Trinajstić information content (AvgIpc) is 3.16. The van der Waals surface area contributed by atoms with Crippen LogP contribution in [0.3, 0.4) is 0 Å². The van der Waals surface area contributed by atoms with Crippen molar-refractivity contribution in [3.8, 4) is 0 Å². The van der Waals surface area contributed by atoms with Crippen LogP contribution in [0.15, 0.2) is 54.6 Å². The second-order valence-corrected chi connectivity index (χ2v) is 8.67. The van der Waals surface area contributed by atoms with Crippen LogP contribution in [0.5, 0.6) is 0 Å². The first kappa shape index (κ1) is 19.4. The quantitative estimate of drug-likeness (QED) is 0.571. The van der Waals surface area contributed by atoms with E-state index in [2.05, 4.69) is 0 Å². The zero-order valence-corrected chi connectivity index (χ0v) is 16.6. The van der Waals surface area contributed by atoms with Gasteiger partial charge in [0.2, 0.25) is 0 Å². The molecule has 2 aromatic carbocycles. The van der Waals surface area contributed by atoms with Crippen molar-refractivity contribution in [3.63, 3.8) is 0 Å². The second-order valence-electron chi connectivity index (χ2n) is 7.21. The Morgan fingerprint density at radius 3 is 2.14 bits per heavy atom. The third-order valence-corrected chi connectivity index (χ3v) is 7.15. The van der Waals surface area contributed by atoms with Crippen LogP contribution in [0.25, 0.3) is 0 Å². The summed E-state index contributed by atoms with van der Waals surface area (Å²) < 4.78 is 0. The Hall–Kier alpha value is -2.87. The molecule has 2 aliphatic rings. The number of nitro groups is 1. The number of nitro benzene ring substituents is 1. The van der Waals surface area contributed by atoms with Crippen LogP contribution in [-0.4, -0.2) is 56.8 Å². The molecule has 2 aromatic rings. The third kappa shape index (κ3) is 3.72. The van der Waals surface area contributed by atoms with E-state index >= 15 is 0 Å². The molecule has 2 heterocycles. The van der Waals surface area contributed by atoms with Gasteiger partial charge in [0.25, 0.3) is 17.5 Å². The predicted molar refractivity (Wildman–Crippen MR) is 111 cm³/mol. The minimum Gasteiger partial charge on any atom is -0.338 e. The van der Waals surface area contributed by atoms with Gasteiger partial charge in [0, 0.05) is 48.6 Å². The molecule has 2 amide bonds. The van der Waals surface area contributed by atoms with Gasteiger partial charge in [-0.15, -0.1) is 11.8 Å². The van der Waals surface area contributed by atoms with Gasteiger partial charge in [-0.25, -0.2) is 0 Å². The van der Waals surface area contributed by atoms with Crippen molar-refractivity contribution in [3.05, 3.63) is 75.8 Å². The number of benzene rings is 2. The number of piperidine rings is 1. The summed E-state index contributed by atoms with van der Waals surface area (Å²) in [5, 5.41) is 10.8. The maximum Gasteiger partial charge on any atom is 0.269 e. The standard InChI is InChI=1S/C21H21N3O4S/c25-19(16-4-2-1-3-5-16)22-12-10-21(11-13-22)23(14-15-29-21)20(26)17-6-8-18(9-7-17)24(27)28/h1-9H,10-15H2. The molecular weight excluding hydrogens is 390 g/mol. The average molecular weight is 411 g/mol. The van der Waals surface area contributed by atoms with Gasteiger partial charge in [0.1, 0.15) is 0 Å². The van der Waals surface area contributed by atoms with Crippen LogP contribution in [0, 0.1) is 10.1 Å². The van der Waals surface area contributed by atoms with Crippen molar-refractivity contribution in [1.82, 2.24) is 9.80 Å².